The van der Waals surface area contributed by atoms with Crippen molar-refractivity contribution >= 4 is 34.1 Å². The van der Waals surface area contributed by atoms with Crippen LogP contribution in [0.5, 0.6) is 0 Å². The zero-order valence-electron chi connectivity index (χ0n) is 11.7. The number of aryl methyl sites for hydroxylation is 1. The number of imidazole rings is 1. The lowest BCUT2D eigenvalue weighted by atomic mass is 10.2. The number of hydrogen-bond donors (Lipinski definition) is 1. The maximum absolute atomic E-state index is 11.1. The molecule has 0 aliphatic rings. The molecular weight excluding hydrogens is 306 g/mol. The summed E-state index contributed by atoms with van der Waals surface area (Å²) in [5.41, 5.74) is 2.17. The van der Waals surface area contributed by atoms with Gasteiger partial charge >= 0.3 is 0 Å². The lowest BCUT2D eigenvalue weighted by Gasteiger charge is -2.07. The summed E-state index contributed by atoms with van der Waals surface area (Å²) in [6.07, 6.45) is 3.37. The molecule has 22 heavy (non-hydrogen) atoms. The summed E-state index contributed by atoms with van der Waals surface area (Å²) in [6.45, 7) is 0.260. The fourth-order valence-corrected chi connectivity index (χ4v) is 2.39. The number of aromatic nitrogens is 3. The van der Waals surface area contributed by atoms with E-state index in [1.807, 2.05) is 17.7 Å². The van der Waals surface area contributed by atoms with E-state index in [-0.39, 0.29) is 12.2 Å². The van der Waals surface area contributed by atoms with Crippen LogP contribution in [0.3, 0.4) is 0 Å². The summed E-state index contributed by atoms with van der Waals surface area (Å²) in [5.74, 6) is 0.586. The molecule has 0 bridgehead atoms. The van der Waals surface area contributed by atoms with Crippen LogP contribution >= 0.6 is 11.6 Å². The first kappa shape index (κ1) is 14.3. The Bertz CT molecular complexity index is 862. The highest BCUT2D eigenvalue weighted by Crippen LogP contribution is 2.25. The van der Waals surface area contributed by atoms with Crippen molar-refractivity contribution in [2.75, 3.05) is 5.32 Å². The second-order valence-corrected chi connectivity index (χ2v) is 5.20. The first-order valence-corrected chi connectivity index (χ1v) is 6.87. The van der Waals surface area contributed by atoms with Crippen LogP contribution < -0.4 is 5.32 Å². The second-order valence-electron chi connectivity index (χ2n) is 4.77. The second kappa shape index (κ2) is 5.61. The zero-order chi connectivity index (χ0) is 15.7. The molecule has 0 atom stereocenters. The van der Waals surface area contributed by atoms with Crippen LogP contribution in [0.25, 0.3) is 11.0 Å². The van der Waals surface area contributed by atoms with Gasteiger partial charge in [-0.3, -0.25) is 10.1 Å². The van der Waals surface area contributed by atoms with Gasteiger partial charge in [-0.25, -0.2) is 9.97 Å². The van der Waals surface area contributed by atoms with Gasteiger partial charge in [0, 0.05) is 36.4 Å². The van der Waals surface area contributed by atoms with Crippen LogP contribution in [0.15, 0.2) is 36.8 Å². The van der Waals surface area contributed by atoms with Gasteiger partial charge in [-0.1, -0.05) is 11.6 Å². The summed E-state index contributed by atoms with van der Waals surface area (Å²) in [6, 6.07) is 6.46. The SMILES string of the molecule is Cn1cnc2c(NCc3ccc(Cl)cc3[N+](=O)[O-])nccc21. The molecule has 0 spiro atoms. The Balaban J connectivity index is 1.90. The number of fused-ring (bicyclic) bond motifs is 1. The van der Waals surface area contributed by atoms with E-state index in [9.17, 15) is 10.1 Å². The van der Waals surface area contributed by atoms with Crippen LogP contribution in [-0.4, -0.2) is 19.5 Å². The number of nitrogens with zero attached hydrogens (tertiary/aromatic N) is 4. The Labute approximate surface area is 130 Å². The van der Waals surface area contributed by atoms with E-state index >= 15 is 0 Å². The topological polar surface area (TPSA) is 85.9 Å². The molecule has 0 amide bonds. The Morgan fingerprint density at radius 1 is 1.36 bits per heavy atom. The van der Waals surface area contributed by atoms with Gasteiger partial charge in [0.15, 0.2) is 5.82 Å². The Kier molecular flexibility index (Phi) is 3.64. The fraction of sp³-hybridized carbons (Fsp3) is 0.143. The molecule has 112 valence electrons. The van der Waals surface area contributed by atoms with Crippen molar-refractivity contribution in [3.05, 3.63) is 57.5 Å². The van der Waals surface area contributed by atoms with Gasteiger partial charge in [0.1, 0.15) is 5.52 Å². The molecule has 1 N–H and O–H groups in total. The fourth-order valence-electron chi connectivity index (χ4n) is 2.23. The maximum Gasteiger partial charge on any atom is 0.275 e. The predicted molar refractivity (Wildman–Crippen MR) is 83.9 cm³/mol. The van der Waals surface area contributed by atoms with Crippen molar-refractivity contribution < 1.29 is 4.92 Å². The van der Waals surface area contributed by atoms with E-state index in [4.69, 9.17) is 11.6 Å². The third kappa shape index (κ3) is 2.58. The molecule has 0 aliphatic carbocycles. The quantitative estimate of drug-likeness (QED) is 0.590. The lowest BCUT2D eigenvalue weighted by Crippen LogP contribution is -2.05. The molecule has 0 saturated heterocycles. The predicted octanol–water partition coefficient (Wildman–Crippen LogP) is 3.14. The average molecular weight is 318 g/mol. The highest BCUT2D eigenvalue weighted by Gasteiger charge is 2.15. The van der Waals surface area contributed by atoms with Crippen LogP contribution in [0.1, 0.15) is 5.56 Å². The van der Waals surface area contributed by atoms with E-state index in [2.05, 4.69) is 15.3 Å². The smallest absolute Gasteiger partial charge is 0.275 e. The summed E-state index contributed by atoms with van der Waals surface area (Å²) in [5, 5.41) is 14.5. The number of pyridine rings is 1. The normalized spacial score (nSPS) is 10.8. The molecular formula is C14H12ClN5O2. The minimum absolute atomic E-state index is 0.0202. The van der Waals surface area contributed by atoms with Crippen LogP contribution in [0.2, 0.25) is 5.02 Å². The number of hydrogen-bond acceptors (Lipinski definition) is 5. The third-order valence-electron chi connectivity index (χ3n) is 3.33. The Hall–Kier alpha value is -2.67. The van der Waals surface area contributed by atoms with E-state index < -0.39 is 4.92 Å². The van der Waals surface area contributed by atoms with Crippen molar-refractivity contribution in [1.82, 2.24) is 14.5 Å². The van der Waals surface area contributed by atoms with Gasteiger partial charge in [-0.2, -0.15) is 0 Å². The highest BCUT2D eigenvalue weighted by molar-refractivity contribution is 6.30. The number of nitrogens with one attached hydrogen (secondary N) is 1. The average Bonchev–Trinajstić information content (AvgIpc) is 2.88. The number of nitro benzene ring substituents is 1. The summed E-state index contributed by atoms with van der Waals surface area (Å²) in [7, 11) is 1.89. The van der Waals surface area contributed by atoms with Crippen LogP contribution in [-0.2, 0) is 13.6 Å². The van der Waals surface area contributed by atoms with Gasteiger partial charge in [0.25, 0.3) is 5.69 Å². The molecule has 3 rings (SSSR count). The minimum Gasteiger partial charge on any atom is -0.364 e. The molecule has 3 aromatic rings. The van der Waals surface area contributed by atoms with E-state index in [0.29, 0.717) is 16.4 Å². The van der Waals surface area contributed by atoms with Crippen LogP contribution in [0, 0.1) is 10.1 Å². The molecule has 1 aromatic carbocycles. The first-order chi connectivity index (χ1) is 10.6. The zero-order valence-corrected chi connectivity index (χ0v) is 12.4. The van der Waals surface area contributed by atoms with Crippen LogP contribution in [0.4, 0.5) is 11.5 Å². The lowest BCUT2D eigenvalue weighted by molar-refractivity contribution is -0.385. The van der Waals surface area contributed by atoms with Crippen molar-refractivity contribution in [2.24, 2.45) is 7.05 Å². The molecule has 2 heterocycles. The molecule has 0 fully saturated rings. The highest BCUT2D eigenvalue weighted by atomic mass is 35.5. The first-order valence-electron chi connectivity index (χ1n) is 6.49. The summed E-state index contributed by atoms with van der Waals surface area (Å²) < 4.78 is 1.88. The molecule has 8 heteroatoms. The summed E-state index contributed by atoms with van der Waals surface area (Å²) >= 11 is 5.81. The maximum atomic E-state index is 11.1. The monoisotopic (exact) mass is 317 g/mol. The molecule has 7 nitrogen and oxygen atoms in total. The van der Waals surface area contributed by atoms with Gasteiger partial charge in [0.05, 0.1) is 16.8 Å². The van der Waals surface area contributed by atoms with Gasteiger partial charge in [0.2, 0.25) is 0 Å². The minimum atomic E-state index is -0.447. The van der Waals surface area contributed by atoms with E-state index in [1.165, 1.54) is 6.07 Å². The van der Waals surface area contributed by atoms with Gasteiger partial charge in [-0.05, 0) is 18.2 Å². The van der Waals surface area contributed by atoms with Crippen molar-refractivity contribution in [3.63, 3.8) is 0 Å². The molecule has 0 unspecified atom stereocenters. The van der Waals surface area contributed by atoms with Crippen molar-refractivity contribution in [1.29, 1.82) is 0 Å². The number of halogens is 1. The van der Waals surface area contributed by atoms with E-state index in [1.54, 1.807) is 24.7 Å². The van der Waals surface area contributed by atoms with Crippen molar-refractivity contribution in [3.8, 4) is 0 Å². The third-order valence-corrected chi connectivity index (χ3v) is 3.57. The molecule has 0 saturated carbocycles. The Morgan fingerprint density at radius 2 is 2.18 bits per heavy atom. The standard InChI is InChI=1S/C14H12ClN5O2/c1-19-8-18-13-11(19)4-5-16-14(13)17-7-9-2-3-10(15)6-12(9)20(21)22/h2-6,8H,7H2,1H3,(H,16,17). The van der Waals surface area contributed by atoms with Gasteiger partial charge in [-0.15, -0.1) is 0 Å². The molecule has 0 radical (unpaired) electrons. The number of nitro groups is 1. The number of rotatable bonds is 4. The summed E-state index contributed by atoms with van der Waals surface area (Å²) in [4.78, 5) is 19.2. The van der Waals surface area contributed by atoms with E-state index in [0.717, 1.165) is 11.0 Å². The number of benzene rings is 1. The largest absolute Gasteiger partial charge is 0.364 e. The molecule has 2 aromatic heterocycles. The van der Waals surface area contributed by atoms with Crippen molar-refractivity contribution in [2.45, 2.75) is 6.54 Å². The molecule has 0 aliphatic heterocycles. The van der Waals surface area contributed by atoms with Gasteiger partial charge < -0.3 is 9.88 Å². The number of anilines is 1. The Morgan fingerprint density at radius 3 is 2.95 bits per heavy atom.